The van der Waals surface area contributed by atoms with Crippen LogP contribution in [-0.2, 0) is 4.74 Å². The van der Waals surface area contributed by atoms with E-state index in [9.17, 15) is 4.79 Å². The summed E-state index contributed by atoms with van der Waals surface area (Å²) < 4.78 is 5.44. The van der Waals surface area contributed by atoms with Gasteiger partial charge in [-0.2, -0.15) is 0 Å². The molecule has 2 fully saturated rings. The maximum atomic E-state index is 12.1. The average Bonchev–Trinajstić information content (AvgIpc) is 2.03. The number of carbonyl (C=O) groups is 1. The first-order valence-corrected chi connectivity index (χ1v) is 6.40. The number of hydrogen-bond donors (Lipinski definition) is 1. The Hall–Kier alpha value is -0.770. The number of piperidine rings is 1. The lowest BCUT2D eigenvalue weighted by molar-refractivity contribution is -0.0353. The van der Waals surface area contributed by atoms with Gasteiger partial charge in [0, 0.05) is 31.6 Å². The van der Waals surface area contributed by atoms with Crippen molar-refractivity contribution >= 4 is 6.09 Å². The van der Waals surface area contributed by atoms with Crippen LogP contribution >= 0.6 is 0 Å². The molecule has 4 nitrogen and oxygen atoms in total. The number of amides is 1. The Morgan fingerprint density at radius 2 is 2.06 bits per heavy atom. The van der Waals surface area contributed by atoms with E-state index in [1.165, 1.54) is 0 Å². The fourth-order valence-corrected chi connectivity index (χ4v) is 2.89. The molecule has 2 aliphatic rings. The van der Waals surface area contributed by atoms with Gasteiger partial charge in [0.15, 0.2) is 0 Å². The van der Waals surface area contributed by atoms with Gasteiger partial charge in [0.25, 0.3) is 0 Å². The molecular formula is C13H24N2O2. The third-order valence-corrected chi connectivity index (χ3v) is 3.62. The molecule has 0 bridgehead atoms. The standard InChI is InChI=1S/C13H24N2O2/c1-12(2,3)17-11(16)15-7-9-6-14-10(9)13(4,5)8-15/h9-10,14H,6-8H2,1-5H3/t9-,10+/m1/s1. The molecule has 2 heterocycles. The van der Waals surface area contributed by atoms with E-state index < -0.39 is 5.60 Å². The van der Waals surface area contributed by atoms with Crippen molar-refractivity contribution in [3.8, 4) is 0 Å². The average molecular weight is 240 g/mol. The molecule has 2 saturated heterocycles. The maximum Gasteiger partial charge on any atom is 0.410 e. The van der Waals surface area contributed by atoms with E-state index in [2.05, 4.69) is 19.2 Å². The van der Waals surface area contributed by atoms with E-state index >= 15 is 0 Å². The zero-order valence-corrected chi connectivity index (χ0v) is 11.5. The van der Waals surface area contributed by atoms with Gasteiger partial charge in [-0.3, -0.25) is 0 Å². The Morgan fingerprint density at radius 3 is 2.47 bits per heavy atom. The molecule has 0 radical (unpaired) electrons. The molecule has 0 spiro atoms. The van der Waals surface area contributed by atoms with Crippen molar-refractivity contribution in [2.75, 3.05) is 19.6 Å². The highest BCUT2D eigenvalue weighted by atomic mass is 16.6. The third kappa shape index (κ3) is 2.57. The van der Waals surface area contributed by atoms with E-state index in [0.29, 0.717) is 12.0 Å². The molecule has 0 saturated carbocycles. The normalized spacial score (nSPS) is 31.5. The molecule has 0 aromatic carbocycles. The van der Waals surface area contributed by atoms with E-state index in [0.717, 1.165) is 19.6 Å². The lowest BCUT2D eigenvalue weighted by atomic mass is 9.69. The molecule has 0 unspecified atom stereocenters. The Bertz CT molecular complexity index is 320. The van der Waals surface area contributed by atoms with Crippen molar-refractivity contribution in [3.05, 3.63) is 0 Å². The zero-order valence-electron chi connectivity index (χ0n) is 11.5. The predicted octanol–water partition coefficient (Wildman–Crippen LogP) is 1.85. The molecule has 4 heteroatoms. The zero-order chi connectivity index (χ0) is 12.8. The number of ether oxygens (including phenoxy) is 1. The van der Waals surface area contributed by atoms with Gasteiger partial charge in [-0.1, -0.05) is 13.8 Å². The van der Waals surface area contributed by atoms with Crippen LogP contribution in [0.1, 0.15) is 34.6 Å². The molecule has 17 heavy (non-hydrogen) atoms. The van der Waals surface area contributed by atoms with Crippen molar-refractivity contribution in [1.29, 1.82) is 0 Å². The number of rotatable bonds is 0. The summed E-state index contributed by atoms with van der Waals surface area (Å²) in [5, 5.41) is 3.47. The van der Waals surface area contributed by atoms with Crippen LogP contribution in [0.5, 0.6) is 0 Å². The highest BCUT2D eigenvalue weighted by molar-refractivity contribution is 5.68. The Labute approximate surface area is 104 Å². The van der Waals surface area contributed by atoms with Gasteiger partial charge < -0.3 is 15.0 Å². The number of nitrogens with zero attached hydrogens (tertiary/aromatic N) is 1. The Kier molecular flexibility index (Phi) is 2.89. The van der Waals surface area contributed by atoms with Crippen LogP contribution in [0.2, 0.25) is 0 Å². The smallest absolute Gasteiger partial charge is 0.410 e. The van der Waals surface area contributed by atoms with Crippen LogP contribution in [0.15, 0.2) is 0 Å². The number of hydrogen-bond acceptors (Lipinski definition) is 3. The van der Waals surface area contributed by atoms with Gasteiger partial charge in [-0.05, 0) is 26.2 Å². The number of nitrogens with one attached hydrogen (secondary N) is 1. The van der Waals surface area contributed by atoms with Gasteiger partial charge in [0.2, 0.25) is 0 Å². The van der Waals surface area contributed by atoms with Gasteiger partial charge in [-0.25, -0.2) is 4.79 Å². The van der Waals surface area contributed by atoms with Crippen molar-refractivity contribution in [3.63, 3.8) is 0 Å². The Morgan fingerprint density at radius 1 is 1.41 bits per heavy atom. The van der Waals surface area contributed by atoms with E-state index in [4.69, 9.17) is 4.74 Å². The maximum absolute atomic E-state index is 12.1. The van der Waals surface area contributed by atoms with Gasteiger partial charge in [-0.15, -0.1) is 0 Å². The summed E-state index contributed by atoms with van der Waals surface area (Å²) in [6.07, 6.45) is -0.170. The quantitative estimate of drug-likeness (QED) is 0.702. The van der Waals surface area contributed by atoms with Gasteiger partial charge in [0.05, 0.1) is 0 Å². The highest BCUT2D eigenvalue weighted by Crippen LogP contribution is 2.37. The van der Waals surface area contributed by atoms with Crippen molar-refractivity contribution < 1.29 is 9.53 Å². The van der Waals surface area contributed by atoms with Crippen molar-refractivity contribution in [2.45, 2.75) is 46.3 Å². The molecule has 0 aliphatic carbocycles. The second kappa shape index (κ2) is 3.87. The van der Waals surface area contributed by atoms with Crippen LogP contribution in [-0.4, -0.2) is 42.3 Å². The molecular weight excluding hydrogens is 216 g/mol. The van der Waals surface area contributed by atoms with E-state index in [1.807, 2.05) is 25.7 Å². The lowest BCUT2D eigenvalue weighted by Crippen LogP contribution is -2.69. The molecule has 2 aliphatic heterocycles. The summed E-state index contributed by atoms with van der Waals surface area (Å²) in [6.45, 7) is 12.8. The van der Waals surface area contributed by atoms with E-state index in [-0.39, 0.29) is 11.5 Å². The molecule has 1 amide bonds. The monoisotopic (exact) mass is 240 g/mol. The number of likely N-dealkylation sites (tertiary alicyclic amines) is 1. The molecule has 0 aromatic rings. The first-order valence-electron chi connectivity index (χ1n) is 6.40. The third-order valence-electron chi connectivity index (χ3n) is 3.62. The topological polar surface area (TPSA) is 41.6 Å². The summed E-state index contributed by atoms with van der Waals surface area (Å²) in [5.41, 5.74) is -0.270. The summed E-state index contributed by atoms with van der Waals surface area (Å²) >= 11 is 0. The fourth-order valence-electron chi connectivity index (χ4n) is 2.89. The summed E-state index contributed by atoms with van der Waals surface area (Å²) in [7, 11) is 0. The lowest BCUT2D eigenvalue weighted by Gasteiger charge is -2.55. The largest absolute Gasteiger partial charge is 0.444 e. The summed E-state index contributed by atoms with van der Waals surface area (Å²) in [6, 6.07) is 0.557. The highest BCUT2D eigenvalue weighted by Gasteiger charge is 2.48. The second-order valence-corrected chi connectivity index (χ2v) is 7.00. The minimum Gasteiger partial charge on any atom is -0.444 e. The van der Waals surface area contributed by atoms with Crippen LogP contribution in [0.4, 0.5) is 4.79 Å². The van der Waals surface area contributed by atoms with Crippen molar-refractivity contribution in [2.24, 2.45) is 11.3 Å². The SMILES string of the molecule is CC(C)(C)OC(=O)N1C[C@H]2CN[C@@H]2C(C)(C)C1. The fraction of sp³-hybridized carbons (Fsp3) is 0.923. The summed E-state index contributed by atoms with van der Waals surface area (Å²) in [4.78, 5) is 13.9. The van der Waals surface area contributed by atoms with Crippen LogP contribution in [0, 0.1) is 11.3 Å². The predicted molar refractivity (Wildman–Crippen MR) is 66.9 cm³/mol. The molecule has 1 N–H and O–H groups in total. The molecule has 0 aromatic heterocycles. The van der Waals surface area contributed by atoms with Crippen LogP contribution < -0.4 is 5.32 Å². The minimum absolute atomic E-state index is 0.137. The number of fused-ring (bicyclic) bond motifs is 1. The minimum atomic E-state index is -0.407. The Balaban J connectivity index is 2.01. The second-order valence-electron chi connectivity index (χ2n) is 7.00. The van der Waals surface area contributed by atoms with E-state index in [1.54, 1.807) is 0 Å². The van der Waals surface area contributed by atoms with Gasteiger partial charge in [0.1, 0.15) is 5.60 Å². The number of carbonyl (C=O) groups excluding carboxylic acids is 1. The van der Waals surface area contributed by atoms with Crippen molar-refractivity contribution in [1.82, 2.24) is 10.2 Å². The summed E-state index contributed by atoms with van der Waals surface area (Å²) in [5.74, 6) is 0.589. The van der Waals surface area contributed by atoms with Gasteiger partial charge >= 0.3 is 6.09 Å². The molecule has 2 atom stereocenters. The van der Waals surface area contributed by atoms with Crippen LogP contribution in [0.25, 0.3) is 0 Å². The molecule has 2 rings (SSSR count). The molecule has 98 valence electrons. The van der Waals surface area contributed by atoms with Crippen LogP contribution in [0.3, 0.4) is 0 Å². The first-order chi connectivity index (χ1) is 7.69. The first kappa shape index (κ1) is 12.7.